The zero-order valence-corrected chi connectivity index (χ0v) is 10.3. The van der Waals surface area contributed by atoms with Crippen LogP contribution < -0.4 is 9.47 Å². The van der Waals surface area contributed by atoms with Gasteiger partial charge < -0.3 is 14.0 Å². The van der Waals surface area contributed by atoms with Crippen LogP contribution in [0.25, 0.3) is 11.0 Å². The highest BCUT2D eigenvalue weighted by atomic mass is 16.7. The molecule has 5 nitrogen and oxygen atoms in total. The average Bonchev–Trinajstić information content (AvgIpc) is 2.91. The van der Waals surface area contributed by atoms with Gasteiger partial charge in [-0.05, 0) is 0 Å². The van der Waals surface area contributed by atoms with Crippen molar-refractivity contribution in [3.63, 3.8) is 0 Å². The maximum Gasteiger partial charge on any atom is 0.231 e. The van der Waals surface area contributed by atoms with Crippen molar-refractivity contribution >= 4 is 11.0 Å². The number of rotatable bonds is 2. The summed E-state index contributed by atoms with van der Waals surface area (Å²) in [7, 11) is 0. The molecule has 0 fully saturated rings. The van der Waals surface area contributed by atoms with Gasteiger partial charge >= 0.3 is 0 Å². The molecule has 2 heterocycles. The predicted molar refractivity (Wildman–Crippen MR) is 65.6 cm³/mol. The van der Waals surface area contributed by atoms with Crippen LogP contribution in [0.1, 0.15) is 25.6 Å². The smallest absolute Gasteiger partial charge is 0.231 e. The van der Waals surface area contributed by atoms with Crippen LogP contribution in [0.15, 0.2) is 12.1 Å². The van der Waals surface area contributed by atoms with Crippen LogP contribution >= 0.6 is 0 Å². The first-order valence-corrected chi connectivity index (χ1v) is 5.87. The minimum Gasteiger partial charge on any atom is -0.454 e. The molecule has 0 spiro atoms. The molecule has 3 rings (SSSR count). The molecule has 0 N–H and O–H groups in total. The molecule has 2 aromatic rings. The molecule has 0 unspecified atom stereocenters. The number of nitrogens with zero attached hydrogens (tertiary/aromatic N) is 3. The molecule has 0 amide bonds. The monoisotopic (exact) mass is 243 g/mol. The normalized spacial score (nSPS) is 13.2. The topological polar surface area (TPSA) is 60.1 Å². The fourth-order valence-corrected chi connectivity index (χ4v) is 2.21. The lowest BCUT2D eigenvalue weighted by Crippen LogP contribution is -2.04. The van der Waals surface area contributed by atoms with Crippen molar-refractivity contribution in [2.24, 2.45) is 0 Å². The van der Waals surface area contributed by atoms with E-state index in [9.17, 15) is 0 Å². The lowest BCUT2D eigenvalue weighted by atomic mass is 10.2. The summed E-state index contributed by atoms with van der Waals surface area (Å²) in [6.45, 7) is 4.67. The molecular formula is C13H13N3O2. The molecule has 0 radical (unpaired) electrons. The highest BCUT2D eigenvalue weighted by molar-refractivity contribution is 5.81. The van der Waals surface area contributed by atoms with Crippen molar-refractivity contribution in [3.8, 4) is 17.6 Å². The Morgan fingerprint density at radius 1 is 1.39 bits per heavy atom. The number of aromatic nitrogens is 2. The summed E-state index contributed by atoms with van der Waals surface area (Å²) in [4.78, 5) is 4.58. The Bertz CT molecular complexity index is 652. The Labute approximate surface area is 105 Å². The van der Waals surface area contributed by atoms with Gasteiger partial charge in [-0.3, -0.25) is 0 Å². The van der Waals surface area contributed by atoms with Gasteiger partial charge in [-0.1, -0.05) is 13.8 Å². The van der Waals surface area contributed by atoms with Gasteiger partial charge in [0.05, 0.1) is 17.1 Å². The van der Waals surface area contributed by atoms with Crippen LogP contribution in [0.3, 0.4) is 0 Å². The molecule has 1 aromatic heterocycles. The van der Waals surface area contributed by atoms with Gasteiger partial charge in [-0.15, -0.1) is 0 Å². The van der Waals surface area contributed by atoms with Crippen LogP contribution in [0.5, 0.6) is 11.5 Å². The van der Waals surface area contributed by atoms with Crippen LogP contribution in [-0.2, 0) is 6.54 Å². The van der Waals surface area contributed by atoms with Crippen LogP contribution in [0.4, 0.5) is 0 Å². The first-order valence-electron chi connectivity index (χ1n) is 5.87. The summed E-state index contributed by atoms with van der Waals surface area (Å²) in [5.41, 5.74) is 1.77. The first kappa shape index (κ1) is 10.9. The van der Waals surface area contributed by atoms with Crippen LogP contribution in [-0.4, -0.2) is 16.3 Å². The maximum absolute atomic E-state index is 8.94. The number of ether oxygens (including phenoxy) is 2. The van der Waals surface area contributed by atoms with E-state index in [-0.39, 0.29) is 12.7 Å². The lowest BCUT2D eigenvalue weighted by Gasteiger charge is -2.07. The molecule has 5 heteroatoms. The summed E-state index contributed by atoms with van der Waals surface area (Å²) < 4.78 is 12.6. The minimum absolute atomic E-state index is 0.247. The van der Waals surface area contributed by atoms with Gasteiger partial charge in [0.1, 0.15) is 12.4 Å². The average molecular weight is 243 g/mol. The third-order valence-corrected chi connectivity index (χ3v) is 3.02. The minimum atomic E-state index is 0.247. The van der Waals surface area contributed by atoms with Gasteiger partial charge in [-0.25, -0.2) is 4.98 Å². The molecule has 1 aromatic carbocycles. The van der Waals surface area contributed by atoms with Crippen LogP contribution in [0.2, 0.25) is 0 Å². The molecule has 1 aliphatic rings. The number of fused-ring (bicyclic) bond motifs is 2. The molecule has 0 aliphatic carbocycles. The number of nitriles is 1. The molecule has 0 atom stereocenters. The van der Waals surface area contributed by atoms with E-state index in [2.05, 4.69) is 24.9 Å². The lowest BCUT2D eigenvalue weighted by molar-refractivity contribution is 0.174. The summed E-state index contributed by atoms with van der Waals surface area (Å²) in [5, 5.41) is 8.94. The summed E-state index contributed by atoms with van der Waals surface area (Å²) in [6.07, 6.45) is 0. The van der Waals surface area contributed by atoms with E-state index in [0.29, 0.717) is 6.54 Å². The fourth-order valence-electron chi connectivity index (χ4n) is 2.21. The van der Waals surface area contributed by atoms with Crippen molar-refractivity contribution in [1.82, 2.24) is 9.55 Å². The van der Waals surface area contributed by atoms with E-state index >= 15 is 0 Å². The second-order valence-electron chi connectivity index (χ2n) is 4.56. The summed E-state index contributed by atoms with van der Waals surface area (Å²) in [5.74, 6) is 2.62. The predicted octanol–water partition coefficient (Wildman–Crippen LogP) is 2.41. The standard InChI is InChI=1S/C13H13N3O2/c1-8(2)13-15-9-5-11-12(18-7-17-11)6-10(9)16(13)4-3-14/h5-6,8H,4,7H2,1-2H3. The summed E-state index contributed by atoms with van der Waals surface area (Å²) in [6, 6.07) is 5.95. The third kappa shape index (κ3) is 1.50. The SMILES string of the molecule is CC(C)c1nc2cc3c(cc2n1CC#N)OCO3. The quantitative estimate of drug-likeness (QED) is 0.812. The van der Waals surface area contributed by atoms with Crippen molar-refractivity contribution in [2.45, 2.75) is 26.3 Å². The zero-order valence-electron chi connectivity index (χ0n) is 10.3. The maximum atomic E-state index is 8.94. The Morgan fingerprint density at radius 3 is 2.78 bits per heavy atom. The van der Waals surface area contributed by atoms with E-state index in [1.165, 1.54) is 0 Å². The fraction of sp³-hybridized carbons (Fsp3) is 0.385. The molecule has 0 bridgehead atoms. The number of hydrogen-bond donors (Lipinski definition) is 0. The van der Waals surface area contributed by atoms with E-state index in [1.807, 2.05) is 16.7 Å². The number of hydrogen-bond acceptors (Lipinski definition) is 4. The van der Waals surface area contributed by atoms with Crippen molar-refractivity contribution in [1.29, 1.82) is 5.26 Å². The Kier molecular flexibility index (Phi) is 2.37. The van der Waals surface area contributed by atoms with Crippen molar-refractivity contribution in [2.75, 3.05) is 6.79 Å². The van der Waals surface area contributed by atoms with E-state index in [4.69, 9.17) is 14.7 Å². The molecule has 18 heavy (non-hydrogen) atoms. The van der Waals surface area contributed by atoms with Crippen molar-refractivity contribution < 1.29 is 9.47 Å². The van der Waals surface area contributed by atoms with E-state index < -0.39 is 0 Å². The van der Waals surface area contributed by atoms with Gasteiger partial charge in [0.25, 0.3) is 0 Å². The summed E-state index contributed by atoms with van der Waals surface area (Å²) >= 11 is 0. The molecular weight excluding hydrogens is 230 g/mol. The van der Waals surface area contributed by atoms with Crippen molar-refractivity contribution in [3.05, 3.63) is 18.0 Å². The Hall–Kier alpha value is -2.22. The highest BCUT2D eigenvalue weighted by Gasteiger charge is 2.19. The Morgan fingerprint density at radius 2 is 2.11 bits per heavy atom. The number of imidazole rings is 1. The largest absolute Gasteiger partial charge is 0.454 e. The van der Waals surface area contributed by atoms with Gasteiger partial charge in [0, 0.05) is 18.1 Å². The highest BCUT2D eigenvalue weighted by Crippen LogP contribution is 2.36. The van der Waals surface area contributed by atoms with Gasteiger partial charge in [0.15, 0.2) is 11.5 Å². The number of benzene rings is 1. The molecule has 92 valence electrons. The third-order valence-electron chi connectivity index (χ3n) is 3.02. The molecule has 1 aliphatic heterocycles. The Balaban J connectivity index is 2.26. The first-order chi connectivity index (χ1) is 8.70. The van der Waals surface area contributed by atoms with Gasteiger partial charge in [0.2, 0.25) is 6.79 Å². The second kappa shape index (κ2) is 3.91. The molecule has 0 saturated heterocycles. The van der Waals surface area contributed by atoms with Gasteiger partial charge in [-0.2, -0.15) is 5.26 Å². The zero-order chi connectivity index (χ0) is 12.7. The second-order valence-corrected chi connectivity index (χ2v) is 4.56. The van der Waals surface area contributed by atoms with Crippen LogP contribution in [0, 0.1) is 11.3 Å². The molecule has 0 saturated carbocycles. The van der Waals surface area contributed by atoms with E-state index in [1.54, 1.807) is 0 Å². The van der Waals surface area contributed by atoms with E-state index in [0.717, 1.165) is 28.4 Å².